The Morgan fingerprint density at radius 3 is 2.08 bits per heavy atom. The first-order valence-corrected chi connectivity index (χ1v) is 10.2. The smallest absolute Gasteiger partial charge is 0.303 e. The third-order valence-corrected chi connectivity index (χ3v) is 4.48. The van der Waals surface area contributed by atoms with E-state index in [2.05, 4.69) is 19.1 Å². The number of unbranched alkanes of at least 4 members (excludes halogenated alkanes) is 11. The normalized spacial score (nSPS) is 12.8. The summed E-state index contributed by atoms with van der Waals surface area (Å²) >= 11 is 0. The monoisotopic (exact) mass is 340 g/mol. The minimum atomic E-state index is -0.686. The maximum Gasteiger partial charge on any atom is 0.303 e. The second kappa shape index (κ2) is 18.5. The number of aliphatic carboxylic acids is 1. The van der Waals surface area contributed by atoms with Crippen LogP contribution in [0.15, 0.2) is 12.2 Å². The van der Waals surface area contributed by atoms with Gasteiger partial charge in [0.2, 0.25) is 0 Å². The molecule has 142 valence electrons. The van der Waals surface area contributed by atoms with Gasteiger partial charge in [0.25, 0.3) is 0 Å². The number of carbonyl (C=O) groups is 1. The molecule has 0 aromatic heterocycles. The van der Waals surface area contributed by atoms with Crippen LogP contribution < -0.4 is 0 Å². The molecule has 3 heteroatoms. The number of carboxylic acid groups (broad SMARTS) is 1. The maximum absolute atomic E-state index is 10.4. The van der Waals surface area contributed by atoms with Crippen LogP contribution in [0.2, 0.25) is 0 Å². The van der Waals surface area contributed by atoms with Gasteiger partial charge in [0, 0.05) is 6.42 Å². The van der Waals surface area contributed by atoms with Crippen molar-refractivity contribution in [1.82, 2.24) is 0 Å². The molecule has 0 aromatic rings. The van der Waals surface area contributed by atoms with Crippen molar-refractivity contribution in [2.24, 2.45) is 0 Å². The molecule has 0 aliphatic rings. The molecule has 0 amide bonds. The van der Waals surface area contributed by atoms with Gasteiger partial charge in [-0.05, 0) is 32.1 Å². The standard InChI is InChI=1S/C21H40O3/c1-2-3-4-5-6-8-11-14-17-20(22)18-15-12-9-7-10-13-16-19-21(23)24/h11,14,20,22H,2-10,12-13,15-19H2,1H3,(H,23,24). The SMILES string of the molecule is CCCCCCCC=CCC(O)CCCCCCCCCC(=O)O. The van der Waals surface area contributed by atoms with Crippen molar-refractivity contribution in [3.05, 3.63) is 12.2 Å². The highest BCUT2D eigenvalue weighted by Gasteiger charge is 2.01. The Morgan fingerprint density at radius 1 is 0.833 bits per heavy atom. The highest BCUT2D eigenvalue weighted by Crippen LogP contribution is 2.12. The predicted molar refractivity (Wildman–Crippen MR) is 102 cm³/mol. The summed E-state index contributed by atoms with van der Waals surface area (Å²) in [6.45, 7) is 2.24. The lowest BCUT2D eigenvalue weighted by atomic mass is 10.0. The summed E-state index contributed by atoms with van der Waals surface area (Å²) in [6.07, 6.45) is 21.6. The van der Waals surface area contributed by atoms with E-state index >= 15 is 0 Å². The van der Waals surface area contributed by atoms with Gasteiger partial charge in [0.1, 0.15) is 0 Å². The Balaban J connectivity index is 3.25. The second-order valence-electron chi connectivity index (χ2n) is 6.97. The third kappa shape index (κ3) is 19.2. The molecule has 2 N–H and O–H groups in total. The van der Waals surface area contributed by atoms with Crippen LogP contribution in [0.5, 0.6) is 0 Å². The van der Waals surface area contributed by atoms with E-state index in [4.69, 9.17) is 5.11 Å². The molecule has 0 aliphatic heterocycles. The highest BCUT2D eigenvalue weighted by atomic mass is 16.4. The van der Waals surface area contributed by atoms with Crippen LogP contribution in [0, 0.1) is 0 Å². The number of carboxylic acids is 1. The molecule has 0 spiro atoms. The van der Waals surface area contributed by atoms with Crippen molar-refractivity contribution in [3.8, 4) is 0 Å². The van der Waals surface area contributed by atoms with Crippen molar-refractivity contribution < 1.29 is 15.0 Å². The Morgan fingerprint density at radius 2 is 1.42 bits per heavy atom. The molecule has 0 fully saturated rings. The van der Waals surface area contributed by atoms with E-state index < -0.39 is 5.97 Å². The van der Waals surface area contributed by atoms with Gasteiger partial charge >= 0.3 is 5.97 Å². The van der Waals surface area contributed by atoms with E-state index in [-0.39, 0.29) is 6.10 Å². The van der Waals surface area contributed by atoms with Crippen molar-refractivity contribution in [1.29, 1.82) is 0 Å². The van der Waals surface area contributed by atoms with Gasteiger partial charge in [-0.25, -0.2) is 0 Å². The van der Waals surface area contributed by atoms with Crippen LogP contribution in [-0.2, 0) is 4.79 Å². The van der Waals surface area contributed by atoms with E-state index in [1.165, 1.54) is 51.4 Å². The van der Waals surface area contributed by atoms with E-state index in [1.54, 1.807) is 0 Å². The molecular weight excluding hydrogens is 300 g/mol. The van der Waals surface area contributed by atoms with Crippen LogP contribution in [0.3, 0.4) is 0 Å². The van der Waals surface area contributed by atoms with E-state index in [9.17, 15) is 9.90 Å². The Kier molecular flexibility index (Phi) is 17.9. The van der Waals surface area contributed by atoms with Gasteiger partial charge in [0.05, 0.1) is 6.10 Å². The number of aliphatic hydroxyl groups is 1. The van der Waals surface area contributed by atoms with E-state index in [0.717, 1.165) is 44.9 Å². The minimum Gasteiger partial charge on any atom is -0.481 e. The summed E-state index contributed by atoms with van der Waals surface area (Å²) < 4.78 is 0. The lowest BCUT2D eigenvalue weighted by Crippen LogP contribution is -2.04. The Hall–Kier alpha value is -0.830. The zero-order chi connectivity index (χ0) is 17.9. The van der Waals surface area contributed by atoms with Crippen LogP contribution in [0.4, 0.5) is 0 Å². The topological polar surface area (TPSA) is 57.5 Å². The van der Waals surface area contributed by atoms with Gasteiger partial charge in [-0.1, -0.05) is 83.3 Å². The highest BCUT2D eigenvalue weighted by molar-refractivity contribution is 5.66. The quantitative estimate of drug-likeness (QED) is 0.229. The number of aliphatic hydroxyl groups excluding tert-OH is 1. The summed E-state index contributed by atoms with van der Waals surface area (Å²) in [4.78, 5) is 10.4. The molecule has 0 bridgehead atoms. The molecule has 0 saturated carbocycles. The first-order valence-electron chi connectivity index (χ1n) is 10.2. The summed E-state index contributed by atoms with van der Waals surface area (Å²) in [6, 6.07) is 0. The van der Waals surface area contributed by atoms with Gasteiger partial charge in [-0.3, -0.25) is 4.79 Å². The fourth-order valence-corrected chi connectivity index (χ4v) is 2.89. The Labute approximate surface area is 149 Å². The lowest BCUT2D eigenvalue weighted by Gasteiger charge is -2.07. The fourth-order valence-electron chi connectivity index (χ4n) is 2.89. The summed E-state index contributed by atoms with van der Waals surface area (Å²) in [5.74, 6) is -0.686. The first kappa shape index (κ1) is 23.2. The van der Waals surface area contributed by atoms with Crippen LogP contribution in [-0.4, -0.2) is 22.3 Å². The summed E-state index contributed by atoms with van der Waals surface area (Å²) in [7, 11) is 0. The zero-order valence-corrected chi connectivity index (χ0v) is 15.8. The number of hydrogen-bond acceptors (Lipinski definition) is 2. The van der Waals surface area contributed by atoms with Crippen LogP contribution >= 0.6 is 0 Å². The number of allylic oxidation sites excluding steroid dienone is 1. The molecule has 0 aliphatic carbocycles. The van der Waals surface area contributed by atoms with Crippen molar-refractivity contribution >= 4 is 5.97 Å². The molecule has 3 nitrogen and oxygen atoms in total. The van der Waals surface area contributed by atoms with Crippen molar-refractivity contribution in [2.75, 3.05) is 0 Å². The summed E-state index contributed by atoms with van der Waals surface area (Å²) in [5.41, 5.74) is 0. The number of hydrogen-bond donors (Lipinski definition) is 2. The van der Waals surface area contributed by atoms with Crippen molar-refractivity contribution in [2.45, 2.75) is 116 Å². The van der Waals surface area contributed by atoms with E-state index in [0.29, 0.717) is 6.42 Å². The largest absolute Gasteiger partial charge is 0.481 e. The maximum atomic E-state index is 10.4. The Bertz CT molecular complexity index is 299. The zero-order valence-electron chi connectivity index (χ0n) is 15.8. The van der Waals surface area contributed by atoms with Crippen LogP contribution in [0.25, 0.3) is 0 Å². The second-order valence-corrected chi connectivity index (χ2v) is 6.97. The fraction of sp³-hybridized carbons (Fsp3) is 0.857. The number of rotatable bonds is 18. The first-order chi connectivity index (χ1) is 11.7. The van der Waals surface area contributed by atoms with Gasteiger partial charge < -0.3 is 10.2 Å². The predicted octanol–water partition coefficient (Wildman–Crippen LogP) is 6.25. The molecule has 0 heterocycles. The van der Waals surface area contributed by atoms with Gasteiger partial charge in [-0.15, -0.1) is 0 Å². The average molecular weight is 341 g/mol. The molecule has 0 aromatic carbocycles. The van der Waals surface area contributed by atoms with Gasteiger partial charge in [0.15, 0.2) is 0 Å². The molecule has 1 atom stereocenters. The molecule has 0 radical (unpaired) electrons. The molecule has 0 saturated heterocycles. The average Bonchev–Trinajstić information content (AvgIpc) is 2.55. The lowest BCUT2D eigenvalue weighted by molar-refractivity contribution is -0.137. The van der Waals surface area contributed by atoms with Crippen molar-refractivity contribution in [3.63, 3.8) is 0 Å². The molecular formula is C21H40O3. The third-order valence-electron chi connectivity index (χ3n) is 4.48. The molecule has 0 rings (SSSR count). The molecule has 1 unspecified atom stereocenters. The summed E-state index contributed by atoms with van der Waals surface area (Å²) in [5, 5.41) is 18.5. The minimum absolute atomic E-state index is 0.183. The van der Waals surface area contributed by atoms with Gasteiger partial charge in [-0.2, -0.15) is 0 Å². The van der Waals surface area contributed by atoms with Crippen LogP contribution in [0.1, 0.15) is 110 Å². The molecule has 24 heavy (non-hydrogen) atoms. The van der Waals surface area contributed by atoms with E-state index in [1.807, 2.05) is 0 Å².